The number of aliphatic carboxylic acids is 1. The minimum Gasteiger partial charge on any atom is -0.475 e. The molecule has 8 heteroatoms. The standard InChI is InChI=1S/C31H28O8/c1-2-37-28(32)17-10-21-8-13-24(14-9-21)39-25-15-11-23(12-16-25)29(30(33)31(34)35)26(27-19-36-20-38-27)18-22-6-4-3-5-7-22/h3-9,11-16,19H,2,10,17-18,20H2,1H3,(H,34,35). The molecule has 1 heterocycles. The van der Waals surface area contributed by atoms with Gasteiger partial charge in [0.15, 0.2) is 5.76 Å². The Kier molecular flexibility index (Phi) is 9.13. The molecule has 39 heavy (non-hydrogen) atoms. The molecule has 1 N–H and O–H groups in total. The molecule has 1 aliphatic rings. The maximum atomic E-state index is 12.9. The Labute approximate surface area is 226 Å². The van der Waals surface area contributed by atoms with Gasteiger partial charge in [-0.25, -0.2) is 4.79 Å². The normalized spacial score (nSPS) is 12.9. The molecule has 3 aromatic rings. The van der Waals surface area contributed by atoms with Crippen LogP contribution in [0.3, 0.4) is 0 Å². The second kappa shape index (κ2) is 13.1. The Bertz CT molecular complexity index is 1370. The average molecular weight is 529 g/mol. The maximum Gasteiger partial charge on any atom is 0.377 e. The summed E-state index contributed by atoms with van der Waals surface area (Å²) in [6.07, 6.45) is 2.53. The number of Topliss-reactive ketones (excluding diaryl/α,β-unsaturated/α-hetero) is 1. The van der Waals surface area contributed by atoms with E-state index in [2.05, 4.69) is 0 Å². The lowest BCUT2D eigenvalue weighted by atomic mass is 9.91. The van der Waals surface area contributed by atoms with Gasteiger partial charge in [-0.3, -0.25) is 9.59 Å². The summed E-state index contributed by atoms with van der Waals surface area (Å²) >= 11 is 0. The molecule has 4 rings (SSSR count). The zero-order valence-corrected chi connectivity index (χ0v) is 21.4. The molecule has 8 nitrogen and oxygen atoms in total. The Morgan fingerprint density at radius 2 is 1.54 bits per heavy atom. The van der Waals surface area contributed by atoms with Crippen molar-refractivity contribution in [1.82, 2.24) is 0 Å². The summed E-state index contributed by atoms with van der Waals surface area (Å²) in [7, 11) is 0. The van der Waals surface area contributed by atoms with E-state index in [0.29, 0.717) is 47.8 Å². The summed E-state index contributed by atoms with van der Waals surface area (Å²) in [6.45, 7) is 2.12. The Balaban J connectivity index is 1.57. The summed E-state index contributed by atoms with van der Waals surface area (Å²) in [5.41, 5.74) is 2.70. The van der Waals surface area contributed by atoms with E-state index in [1.54, 1.807) is 43.3 Å². The second-order valence-electron chi connectivity index (χ2n) is 8.64. The van der Waals surface area contributed by atoms with Crippen molar-refractivity contribution >= 4 is 23.3 Å². The van der Waals surface area contributed by atoms with Gasteiger partial charge in [0.25, 0.3) is 5.78 Å². The van der Waals surface area contributed by atoms with Crippen molar-refractivity contribution in [2.24, 2.45) is 0 Å². The lowest BCUT2D eigenvalue weighted by molar-refractivity contribution is -0.146. The van der Waals surface area contributed by atoms with Gasteiger partial charge in [0.05, 0.1) is 6.61 Å². The first kappa shape index (κ1) is 27.2. The summed E-state index contributed by atoms with van der Waals surface area (Å²) in [4.78, 5) is 36.3. The van der Waals surface area contributed by atoms with E-state index < -0.39 is 11.8 Å². The van der Waals surface area contributed by atoms with Crippen LogP contribution in [0.15, 0.2) is 96.5 Å². The van der Waals surface area contributed by atoms with Crippen molar-refractivity contribution < 1.29 is 38.4 Å². The van der Waals surface area contributed by atoms with E-state index in [1.165, 1.54) is 6.26 Å². The quantitative estimate of drug-likeness (QED) is 0.187. The zero-order valence-electron chi connectivity index (χ0n) is 21.4. The fourth-order valence-corrected chi connectivity index (χ4v) is 4.08. The lowest BCUT2D eigenvalue weighted by Crippen LogP contribution is -2.17. The van der Waals surface area contributed by atoms with E-state index in [1.807, 2.05) is 42.5 Å². The van der Waals surface area contributed by atoms with E-state index in [0.717, 1.165) is 11.1 Å². The summed E-state index contributed by atoms with van der Waals surface area (Å²) in [5.74, 6) is -1.45. The number of benzene rings is 3. The maximum absolute atomic E-state index is 12.9. The smallest absolute Gasteiger partial charge is 0.377 e. The number of hydrogen-bond donors (Lipinski definition) is 1. The van der Waals surface area contributed by atoms with Crippen LogP contribution in [0.4, 0.5) is 0 Å². The minimum absolute atomic E-state index is 0.0144. The number of carbonyl (C=O) groups excluding carboxylic acids is 2. The van der Waals surface area contributed by atoms with Crippen LogP contribution in [0.1, 0.15) is 30.0 Å². The number of ether oxygens (including phenoxy) is 4. The van der Waals surface area contributed by atoms with Crippen LogP contribution in [0, 0.1) is 0 Å². The molecule has 0 atom stereocenters. The summed E-state index contributed by atoms with van der Waals surface area (Å²) in [6, 6.07) is 23.4. The first-order chi connectivity index (χ1) is 18.9. The molecule has 0 spiro atoms. The molecule has 0 radical (unpaired) electrons. The molecule has 0 bridgehead atoms. The molecule has 0 fully saturated rings. The van der Waals surface area contributed by atoms with Crippen LogP contribution in [0.5, 0.6) is 11.5 Å². The molecular formula is C31H28O8. The van der Waals surface area contributed by atoms with E-state index in [4.69, 9.17) is 18.9 Å². The number of ketones is 1. The molecular weight excluding hydrogens is 500 g/mol. The Hall–Kier alpha value is -4.85. The molecule has 3 aromatic carbocycles. The number of carboxylic acids is 1. The van der Waals surface area contributed by atoms with Crippen molar-refractivity contribution in [2.75, 3.05) is 13.4 Å². The first-order valence-corrected chi connectivity index (χ1v) is 12.5. The van der Waals surface area contributed by atoms with Gasteiger partial charge in [0.1, 0.15) is 17.8 Å². The third-order valence-corrected chi connectivity index (χ3v) is 5.94. The Morgan fingerprint density at radius 3 is 2.13 bits per heavy atom. The first-order valence-electron chi connectivity index (χ1n) is 12.5. The molecule has 0 saturated heterocycles. The molecule has 0 aromatic heterocycles. The summed E-state index contributed by atoms with van der Waals surface area (Å²) < 4.78 is 21.7. The van der Waals surface area contributed by atoms with Gasteiger partial charge in [-0.15, -0.1) is 0 Å². The van der Waals surface area contributed by atoms with Gasteiger partial charge >= 0.3 is 11.9 Å². The van der Waals surface area contributed by atoms with Crippen molar-refractivity contribution in [3.05, 3.63) is 113 Å². The van der Waals surface area contributed by atoms with Crippen LogP contribution in [0.25, 0.3) is 5.57 Å². The topological polar surface area (TPSA) is 108 Å². The predicted octanol–water partition coefficient (Wildman–Crippen LogP) is 5.47. The molecule has 0 amide bonds. The van der Waals surface area contributed by atoms with Crippen LogP contribution in [0.2, 0.25) is 0 Å². The monoisotopic (exact) mass is 528 g/mol. The number of hydrogen-bond acceptors (Lipinski definition) is 7. The van der Waals surface area contributed by atoms with Crippen molar-refractivity contribution in [3.63, 3.8) is 0 Å². The third-order valence-electron chi connectivity index (χ3n) is 5.94. The number of carbonyl (C=O) groups is 3. The van der Waals surface area contributed by atoms with Gasteiger partial charge in [-0.2, -0.15) is 0 Å². The second-order valence-corrected chi connectivity index (χ2v) is 8.64. The van der Waals surface area contributed by atoms with Gasteiger partial charge in [-0.1, -0.05) is 54.6 Å². The number of esters is 1. The van der Waals surface area contributed by atoms with E-state index in [9.17, 15) is 19.5 Å². The number of aryl methyl sites for hydroxylation is 1. The highest BCUT2D eigenvalue weighted by Gasteiger charge is 2.28. The van der Waals surface area contributed by atoms with Crippen molar-refractivity contribution in [1.29, 1.82) is 0 Å². The molecule has 1 aliphatic heterocycles. The lowest BCUT2D eigenvalue weighted by Gasteiger charge is -2.15. The number of rotatable bonds is 12. The van der Waals surface area contributed by atoms with Crippen LogP contribution < -0.4 is 4.74 Å². The SMILES string of the molecule is CCOC(=O)CCc1ccc(Oc2ccc(C(C(=O)C(=O)O)=C(Cc3ccccc3)C3=COCO3)cc2)cc1. The van der Waals surface area contributed by atoms with Crippen LogP contribution in [-0.4, -0.2) is 36.2 Å². The van der Waals surface area contributed by atoms with Gasteiger partial charge in [0.2, 0.25) is 6.79 Å². The fourth-order valence-electron chi connectivity index (χ4n) is 4.08. The van der Waals surface area contributed by atoms with Crippen molar-refractivity contribution in [3.8, 4) is 11.5 Å². The number of carboxylic acid groups (broad SMARTS) is 1. The molecule has 0 saturated carbocycles. The Morgan fingerprint density at radius 1 is 0.872 bits per heavy atom. The highest BCUT2D eigenvalue weighted by atomic mass is 16.7. The summed E-state index contributed by atoms with van der Waals surface area (Å²) in [5, 5.41) is 9.61. The highest BCUT2D eigenvalue weighted by Crippen LogP contribution is 2.32. The minimum atomic E-state index is -1.57. The van der Waals surface area contributed by atoms with Crippen LogP contribution >= 0.6 is 0 Å². The van der Waals surface area contributed by atoms with Crippen molar-refractivity contribution in [2.45, 2.75) is 26.2 Å². The molecule has 0 aliphatic carbocycles. The molecule has 0 unspecified atom stereocenters. The van der Waals surface area contributed by atoms with Gasteiger partial charge in [-0.05, 0) is 54.3 Å². The van der Waals surface area contributed by atoms with Gasteiger partial charge in [0, 0.05) is 24.0 Å². The van der Waals surface area contributed by atoms with Crippen LogP contribution in [-0.2, 0) is 41.4 Å². The third kappa shape index (κ3) is 7.35. The van der Waals surface area contributed by atoms with Gasteiger partial charge < -0.3 is 24.1 Å². The predicted molar refractivity (Wildman–Crippen MR) is 143 cm³/mol. The zero-order chi connectivity index (χ0) is 27.6. The van der Waals surface area contributed by atoms with E-state index >= 15 is 0 Å². The highest BCUT2D eigenvalue weighted by molar-refractivity contribution is 6.51. The fraction of sp³-hybridized carbons (Fsp3) is 0.194. The number of allylic oxidation sites excluding steroid dienone is 1. The largest absolute Gasteiger partial charge is 0.475 e. The average Bonchev–Trinajstić information content (AvgIpc) is 3.49. The molecule has 200 valence electrons. The van der Waals surface area contributed by atoms with E-state index in [-0.39, 0.29) is 24.8 Å².